The Morgan fingerprint density at radius 2 is 2.36 bits per heavy atom. The molecular formula is C8H8N2O4. The molecule has 3 N–H and O–H groups in total. The summed E-state index contributed by atoms with van der Waals surface area (Å²) in [5.41, 5.74) is 5.77. The van der Waals surface area contributed by atoms with E-state index in [0.717, 1.165) is 0 Å². The zero-order valence-corrected chi connectivity index (χ0v) is 7.14. The Morgan fingerprint density at radius 3 is 3.00 bits per heavy atom. The van der Waals surface area contributed by atoms with Gasteiger partial charge in [-0.25, -0.2) is 0 Å². The van der Waals surface area contributed by atoms with Gasteiger partial charge in [0.05, 0.1) is 16.5 Å². The van der Waals surface area contributed by atoms with E-state index in [1.165, 1.54) is 12.1 Å². The minimum atomic E-state index is -0.559. The molecule has 6 heteroatoms. The lowest BCUT2D eigenvalue weighted by Gasteiger charge is -2.03. The smallest absolute Gasteiger partial charge is 0.311 e. The van der Waals surface area contributed by atoms with Crippen LogP contribution in [0.2, 0.25) is 0 Å². The summed E-state index contributed by atoms with van der Waals surface area (Å²) in [6.45, 7) is 0.160. The Balaban J connectivity index is 2.64. The molecule has 0 amide bonds. The van der Waals surface area contributed by atoms with E-state index >= 15 is 0 Å². The van der Waals surface area contributed by atoms with E-state index in [4.69, 9.17) is 10.5 Å². The summed E-state index contributed by atoms with van der Waals surface area (Å²) < 4.78 is 5.06. The fourth-order valence-corrected chi connectivity index (χ4v) is 1.49. The standard InChI is InChI=1S/C8H8N2O4/c9-4-3-14-8-5(10(12)13)1-2-6(11)7(4)8/h1-2,4,11H,3,9H2/t4-/m1/s1. The third-order valence-electron chi connectivity index (χ3n) is 2.13. The van der Waals surface area contributed by atoms with Gasteiger partial charge in [-0.05, 0) is 6.07 Å². The van der Waals surface area contributed by atoms with Gasteiger partial charge in [0.1, 0.15) is 12.4 Å². The number of phenols is 1. The first-order valence-corrected chi connectivity index (χ1v) is 4.00. The first-order chi connectivity index (χ1) is 6.61. The summed E-state index contributed by atoms with van der Waals surface area (Å²) in [5.74, 6) is 0.0260. The molecule has 1 aromatic carbocycles. The van der Waals surface area contributed by atoms with Crippen LogP contribution in [0.15, 0.2) is 12.1 Å². The molecule has 1 aliphatic heterocycles. The van der Waals surface area contributed by atoms with Crippen LogP contribution < -0.4 is 10.5 Å². The van der Waals surface area contributed by atoms with Crippen molar-refractivity contribution in [2.75, 3.05) is 6.61 Å². The second-order valence-corrected chi connectivity index (χ2v) is 3.02. The van der Waals surface area contributed by atoms with Crippen molar-refractivity contribution in [3.8, 4) is 11.5 Å². The lowest BCUT2D eigenvalue weighted by Crippen LogP contribution is -2.10. The summed E-state index contributed by atoms with van der Waals surface area (Å²) in [4.78, 5) is 10.0. The number of nitro groups is 1. The predicted molar refractivity (Wildman–Crippen MR) is 47.2 cm³/mol. The van der Waals surface area contributed by atoms with Crippen molar-refractivity contribution in [2.45, 2.75) is 6.04 Å². The Hall–Kier alpha value is -1.82. The number of nitrogens with zero attached hydrogens (tertiary/aromatic N) is 1. The number of nitrogens with two attached hydrogens (primary N) is 1. The van der Waals surface area contributed by atoms with E-state index in [1.807, 2.05) is 0 Å². The molecule has 1 aliphatic rings. The molecule has 6 nitrogen and oxygen atoms in total. The van der Waals surface area contributed by atoms with Gasteiger partial charge in [-0.1, -0.05) is 0 Å². The molecule has 0 unspecified atom stereocenters. The summed E-state index contributed by atoms with van der Waals surface area (Å²) in [5, 5.41) is 20.0. The van der Waals surface area contributed by atoms with Gasteiger partial charge in [0.25, 0.3) is 0 Å². The van der Waals surface area contributed by atoms with Crippen LogP contribution in [0.1, 0.15) is 11.6 Å². The van der Waals surface area contributed by atoms with Gasteiger partial charge >= 0.3 is 5.69 Å². The summed E-state index contributed by atoms with van der Waals surface area (Å²) in [6.07, 6.45) is 0. The maximum absolute atomic E-state index is 10.6. The van der Waals surface area contributed by atoms with Crippen LogP contribution in [-0.4, -0.2) is 16.6 Å². The highest BCUT2D eigenvalue weighted by atomic mass is 16.6. The Morgan fingerprint density at radius 1 is 1.64 bits per heavy atom. The highest BCUT2D eigenvalue weighted by molar-refractivity contribution is 5.60. The van der Waals surface area contributed by atoms with Crippen LogP contribution >= 0.6 is 0 Å². The van der Waals surface area contributed by atoms with Crippen LogP contribution in [0.4, 0.5) is 5.69 Å². The van der Waals surface area contributed by atoms with E-state index in [0.29, 0.717) is 5.56 Å². The number of hydrogen-bond donors (Lipinski definition) is 2. The predicted octanol–water partition coefficient (Wildman–Crippen LogP) is 0.693. The molecule has 74 valence electrons. The molecule has 14 heavy (non-hydrogen) atoms. The summed E-state index contributed by atoms with van der Waals surface area (Å²) in [6, 6.07) is 1.96. The lowest BCUT2D eigenvalue weighted by atomic mass is 10.1. The molecule has 2 rings (SSSR count). The maximum atomic E-state index is 10.6. The Kier molecular flexibility index (Phi) is 1.78. The number of phenolic OH excluding ortho intramolecular Hbond substituents is 1. The highest BCUT2D eigenvalue weighted by Crippen LogP contribution is 2.43. The van der Waals surface area contributed by atoms with Crippen LogP contribution in [-0.2, 0) is 0 Å². The zero-order chi connectivity index (χ0) is 10.3. The molecule has 0 aliphatic carbocycles. The van der Waals surface area contributed by atoms with E-state index in [-0.39, 0.29) is 23.8 Å². The average Bonchev–Trinajstić information content (AvgIpc) is 2.49. The lowest BCUT2D eigenvalue weighted by molar-refractivity contribution is -0.385. The summed E-state index contributed by atoms with van der Waals surface area (Å²) in [7, 11) is 0. The molecular weight excluding hydrogens is 188 g/mol. The molecule has 0 radical (unpaired) electrons. The van der Waals surface area contributed by atoms with Crippen LogP contribution in [0.3, 0.4) is 0 Å². The minimum Gasteiger partial charge on any atom is -0.507 e. The Labute approximate surface area is 79.1 Å². The molecule has 1 heterocycles. The largest absolute Gasteiger partial charge is 0.507 e. The van der Waals surface area contributed by atoms with E-state index in [2.05, 4.69) is 0 Å². The van der Waals surface area contributed by atoms with Crippen molar-refractivity contribution in [3.63, 3.8) is 0 Å². The SMILES string of the molecule is N[C@@H]1COc2c([N+](=O)[O-])ccc(O)c21. The number of nitro benzene ring substituents is 1. The van der Waals surface area contributed by atoms with E-state index < -0.39 is 11.0 Å². The second-order valence-electron chi connectivity index (χ2n) is 3.02. The maximum Gasteiger partial charge on any atom is 0.311 e. The minimum absolute atomic E-state index is 0.0596. The zero-order valence-electron chi connectivity index (χ0n) is 7.14. The fourth-order valence-electron chi connectivity index (χ4n) is 1.49. The van der Waals surface area contributed by atoms with Crippen molar-refractivity contribution in [1.29, 1.82) is 0 Å². The summed E-state index contributed by atoms with van der Waals surface area (Å²) >= 11 is 0. The molecule has 0 aromatic heterocycles. The van der Waals surface area contributed by atoms with Gasteiger partial charge in [-0.3, -0.25) is 10.1 Å². The van der Waals surface area contributed by atoms with Gasteiger partial charge in [-0.15, -0.1) is 0 Å². The molecule has 1 atom stereocenters. The van der Waals surface area contributed by atoms with Gasteiger partial charge < -0.3 is 15.6 Å². The number of aromatic hydroxyl groups is 1. The van der Waals surface area contributed by atoms with Crippen molar-refractivity contribution < 1.29 is 14.8 Å². The van der Waals surface area contributed by atoms with Crippen LogP contribution in [0, 0.1) is 10.1 Å². The van der Waals surface area contributed by atoms with Crippen molar-refractivity contribution in [3.05, 3.63) is 27.8 Å². The van der Waals surface area contributed by atoms with Crippen molar-refractivity contribution in [2.24, 2.45) is 5.73 Å². The normalized spacial score (nSPS) is 18.8. The fraction of sp³-hybridized carbons (Fsp3) is 0.250. The number of fused-ring (bicyclic) bond motifs is 1. The van der Waals surface area contributed by atoms with Crippen LogP contribution in [0.25, 0.3) is 0 Å². The molecule has 0 saturated heterocycles. The molecule has 0 spiro atoms. The quantitative estimate of drug-likeness (QED) is 0.508. The Bertz CT molecular complexity index is 405. The third-order valence-corrected chi connectivity index (χ3v) is 2.13. The first kappa shape index (κ1) is 8.76. The number of hydrogen-bond acceptors (Lipinski definition) is 5. The van der Waals surface area contributed by atoms with Crippen molar-refractivity contribution >= 4 is 5.69 Å². The molecule has 1 aromatic rings. The van der Waals surface area contributed by atoms with Crippen molar-refractivity contribution in [1.82, 2.24) is 0 Å². The monoisotopic (exact) mass is 196 g/mol. The highest BCUT2D eigenvalue weighted by Gasteiger charge is 2.31. The molecule has 0 bridgehead atoms. The topological polar surface area (TPSA) is 98.6 Å². The number of benzene rings is 1. The van der Waals surface area contributed by atoms with Crippen LogP contribution in [0.5, 0.6) is 11.5 Å². The van der Waals surface area contributed by atoms with Gasteiger partial charge in [0.15, 0.2) is 0 Å². The first-order valence-electron chi connectivity index (χ1n) is 4.00. The molecule has 0 fully saturated rings. The number of ether oxygens (including phenoxy) is 1. The number of rotatable bonds is 1. The second kappa shape index (κ2) is 2.85. The van der Waals surface area contributed by atoms with Gasteiger partial charge in [0.2, 0.25) is 5.75 Å². The van der Waals surface area contributed by atoms with E-state index in [9.17, 15) is 15.2 Å². The average molecular weight is 196 g/mol. The van der Waals surface area contributed by atoms with E-state index in [1.54, 1.807) is 0 Å². The molecule has 0 saturated carbocycles. The van der Waals surface area contributed by atoms with Gasteiger partial charge in [-0.2, -0.15) is 0 Å². The van der Waals surface area contributed by atoms with Gasteiger partial charge in [0, 0.05) is 6.07 Å². The third kappa shape index (κ3) is 1.08.